The molecule has 1 nitrogen and oxygen atoms in total. The largest absolute Gasteiger partial charge is 0.392 e. The van der Waals surface area contributed by atoms with E-state index in [1.165, 1.54) is 32.1 Å². The normalized spacial score (nSPS) is 23.5. The van der Waals surface area contributed by atoms with E-state index in [4.69, 9.17) is 0 Å². The Hall–Kier alpha value is 0.440. The molecule has 1 rings (SSSR count). The van der Waals surface area contributed by atoms with Crippen molar-refractivity contribution in [2.45, 2.75) is 44.6 Å². The second-order valence-electron chi connectivity index (χ2n) is 3.55. The smallest absolute Gasteiger partial charge is 0.0639 e. The summed E-state index contributed by atoms with van der Waals surface area (Å²) in [6.07, 6.45) is 7.72. The summed E-state index contributed by atoms with van der Waals surface area (Å²) in [5.74, 6) is 0.802. The summed E-state index contributed by atoms with van der Waals surface area (Å²) in [5.41, 5.74) is 0. The van der Waals surface area contributed by atoms with E-state index in [0.29, 0.717) is 0 Å². The first kappa shape index (κ1) is 9.53. The lowest BCUT2D eigenvalue weighted by atomic mass is 9.86. The van der Waals surface area contributed by atoms with Gasteiger partial charge in [0.1, 0.15) is 0 Å². The van der Waals surface area contributed by atoms with Crippen LogP contribution in [-0.2, 0) is 0 Å². The molecule has 0 spiro atoms. The molecule has 0 radical (unpaired) electrons. The molecular formula is C9H17BrO. The van der Waals surface area contributed by atoms with E-state index in [-0.39, 0.29) is 6.10 Å². The van der Waals surface area contributed by atoms with Crippen LogP contribution in [0.2, 0.25) is 0 Å². The van der Waals surface area contributed by atoms with Crippen LogP contribution in [0.15, 0.2) is 0 Å². The molecule has 0 aromatic rings. The van der Waals surface area contributed by atoms with Crippen LogP contribution in [0.5, 0.6) is 0 Å². The Morgan fingerprint density at radius 3 is 2.45 bits per heavy atom. The van der Waals surface area contributed by atoms with Crippen molar-refractivity contribution >= 4 is 15.9 Å². The van der Waals surface area contributed by atoms with E-state index in [2.05, 4.69) is 15.9 Å². The summed E-state index contributed by atoms with van der Waals surface area (Å²) in [6.45, 7) is 0. The van der Waals surface area contributed by atoms with Crippen LogP contribution < -0.4 is 0 Å². The number of aliphatic hydroxyl groups excluding tert-OH is 1. The minimum atomic E-state index is -0.113. The van der Waals surface area contributed by atoms with E-state index in [1.807, 2.05) is 0 Å². The highest BCUT2D eigenvalue weighted by molar-refractivity contribution is 9.09. The summed E-state index contributed by atoms with van der Waals surface area (Å²) in [4.78, 5) is 0. The van der Waals surface area contributed by atoms with E-state index in [9.17, 15) is 5.11 Å². The molecule has 1 saturated carbocycles. The van der Waals surface area contributed by atoms with Crippen LogP contribution in [0.4, 0.5) is 0 Å². The molecule has 0 aliphatic heterocycles. The fourth-order valence-electron chi connectivity index (χ4n) is 1.87. The van der Waals surface area contributed by atoms with Crippen molar-refractivity contribution in [3.05, 3.63) is 0 Å². The molecule has 66 valence electrons. The Balaban J connectivity index is 2.13. The third-order valence-electron chi connectivity index (χ3n) is 2.51. The number of halogens is 1. The zero-order valence-electron chi connectivity index (χ0n) is 6.93. The lowest BCUT2D eigenvalue weighted by molar-refractivity contribution is 0.151. The Kier molecular flexibility index (Phi) is 4.46. The average Bonchev–Trinajstić information content (AvgIpc) is 2.06. The molecule has 0 aromatic carbocycles. The van der Waals surface area contributed by atoms with Crippen LogP contribution in [0.25, 0.3) is 0 Å². The molecule has 1 atom stereocenters. The van der Waals surface area contributed by atoms with Crippen molar-refractivity contribution in [3.8, 4) is 0 Å². The van der Waals surface area contributed by atoms with Gasteiger partial charge in [0.2, 0.25) is 0 Å². The van der Waals surface area contributed by atoms with E-state index < -0.39 is 0 Å². The molecule has 1 N–H and O–H groups in total. The number of hydrogen-bond acceptors (Lipinski definition) is 1. The SMILES string of the molecule is OC(CBr)CC1CCCCC1. The highest BCUT2D eigenvalue weighted by Gasteiger charge is 2.16. The third kappa shape index (κ3) is 3.57. The van der Waals surface area contributed by atoms with Crippen molar-refractivity contribution in [2.24, 2.45) is 5.92 Å². The summed E-state index contributed by atoms with van der Waals surface area (Å²) < 4.78 is 0. The van der Waals surface area contributed by atoms with Crippen LogP contribution in [0.1, 0.15) is 38.5 Å². The van der Waals surface area contributed by atoms with Gasteiger partial charge in [0.25, 0.3) is 0 Å². The van der Waals surface area contributed by atoms with E-state index >= 15 is 0 Å². The molecule has 0 bridgehead atoms. The van der Waals surface area contributed by atoms with Gasteiger partial charge >= 0.3 is 0 Å². The quantitative estimate of drug-likeness (QED) is 0.726. The third-order valence-corrected chi connectivity index (χ3v) is 3.26. The molecule has 0 amide bonds. The van der Waals surface area contributed by atoms with Crippen LogP contribution >= 0.6 is 15.9 Å². The average molecular weight is 221 g/mol. The molecule has 2 heteroatoms. The first-order valence-corrected chi connectivity index (χ1v) is 5.69. The molecular weight excluding hydrogens is 204 g/mol. The van der Waals surface area contributed by atoms with Gasteiger partial charge in [-0.3, -0.25) is 0 Å². The number of hydrogen-bond donors (Lipinski definition) is 1. The van der Waals surface area contributed by atoms with Crippen molar-refractivity contribution in [2.75, 3.05) is 5.33 Å². The number of alkyl halides is 1. The van der Waals surface area contributed by atoms with Crippen molar-refractivity contribution in [1.29, 1.82) is 0 Å². The monoisotopic (exact) mass is 220 g/mol. The summed E-state index contributed by atoms with van der Waals surface area (Å²) in [7, 11) is 0. The second kappa shape index (κ2) is 5.15. The predicted molar refractivity (Wildman–Crippen MR) is 51.0 cm³/mol. The van der Waals surface area contributed by atoms with Gasteiger partial charge in [0.05, 0.1) is 6.10 Å². The maximum atomic E-state index is 9.36. The number of aliphatic hydroxyl groups is 1. The van der Waals surface area contributed by atoms with Gasteiger partial charge in [0, 0.05) is 5.33 Å². The first-order chi connectivity index (χ1) is 5.33. The molecule has 0 aromatic heterocycles. The second-order valence-corrected chi connectivity index (χ2v) is 4.20. The topological polar surface area (TPSA) is 20.2 Å². The molecule has 1 fully saturated rings. The first-order valence-electron chi connectivity index (χ1n) is 4.57. The molecule has 1 aliphatic rings. The lowest BCUT2D eigenvalue weighted by Gasteiger charge is -2.23. The van der Waals surface area contributed by atoms with Gasteiger partial charge in [-0.05, 0) is 12.3 Å². The van der Waals surface area contributed by atoms with Crippen molar-refractivity contribution in [1.82, 2.24) is 0 Å². The highest BCUT2D eigenvalue weighted by Crippen LogP contribution is 2.27. The standard InChI is InChI=1S/C9H17BrO/c10-7-9(11)6-8-4-2-1-3-5-8/h8-9,11H,1-7H2. The Labute approximate surface area is 77.3 Å². The Bertz CT molecular complexity index is 99.7. The van der Waals surface area contributed by atoms with Gasteiger partial charge in [0.15, 0.2) is 0 Å². The zero-order chi connectivity index (χ0) is 8.10. The maximum absolute atomic E-state index is 9.36. The lowest BCUT2D eigenvalue weighted by Crippen LogP contribution is -2.16. The van der Waals surface area contributed by atoms with Gasteiger partial charge in [-0.15, -0.1) is 0 Å². The van der Waals surface area contributed by atoms with Crippen LogP contribution in [0.3, 0.4) is 0 Å². The van der Waals surface area contributed by atoms with Gasteiger partial charge < -0.3 is 5.11 Å². The van der Waals surface area contributed by atoms with E-state index in [1.54, 1.807) is 0 Å². The summed E-state index contributed by atoms with van der Waals surface area (Å²) in [5, 5.41) is 10.1. The van der Waals surface area contributed by atoms with Gasteiger partial charge in [-0.1, -0.05) is 48.0 Å². The minimum Gasteiger partial charge on any atom is -0.392 e. The molecule has 0 saturated heterocycles. The maximum Gasteiger partial charge on any atom is 0.0639 e. The molecule has 11 heavy (non-hydrogen) atoms. The van der Waals surface area contributed by atoms with Gasteiger partial charge in [-0.2, -0.15) is 0 Å². The molecule has 0 heterocycles. The number of rotatable bonds is 3. The Morgan fingerprint density at radius 2 is 1.91 bits per heavy atom. The van der Waals surface area contributed by atoms with Crippen LogP contribution in [0, 0.1) is 5.92 Å². The predicted octanol–water partition coefficient (Wildman–Crippen LogP) is 2.71. The van der Waals surface area contributed by atoms with E-state index in [0.717, 1.165) is 17.7 Å². The molecule has 1 aliphatic carbocycles. The fourth-order valence-corrected chi connectivity index (χ4v) is 2.13. The molecule has 1 unspecified atom stereocenters. The Morgan fingerprint density at radius 1 is 1.27 bits per heavy atom. The minimum absolute atomic E-state index is 0.113. The summed E-state index contributed by atoms with van der Waals surface area (Å²) in [6, 6.07) is 0. The van der Waals surface area contributed by atoms with Crippen LogP contribution in [-0.4, -0.2) is 16.5 Å². The van der Waals surface area contributed by atoms with Gasteiger partial charge in [-0.25, -0.2) is 0 Å². The van der Waals surface area contributed by atoms with Crippen molar-refractivity contribution < 1.29 is 5.11 Å². The van der Waals surface area contributed by atoms with Crippen molar-refractivity contribution in [3.63, 3.8) is 0 Å². The summed E-state index contributed by atoms with van der Waals surface area (Å²) >= 11 is 3.29. The zero-order valence-corrected chi connectivity index (χ0v) is 8.52. The highest BCUT2D eigenvalue weighted by atomic mass is 79.9. The fraction of sp³-hybridized carbons (Fsp3) is 1.00.